The summed E-state index contributed by atoms with van der Waals surface area (Å²) in [6.45, 7) is 3.79. The number of thioether (sulfide) groups is 1. The molecule has 0 unspecified atom stereocenters. The van der Waals surface area contributed by atoms with Crippen molar-refractivity contribution in [2.45, 2.75) is 29.9 Å². The molecule has 1 fully saturated rings. The third kappa shape index (κ3) is 3.35. The summed E-state index contributed by atoms with van der Waals surface area (Å²) in [6.07, 6.45) is 3.89. The Kier molecular flexibility index (Phi) is 4.52. The summed E-state index contributed by atoms with van der Waals surface area (Å²) < 4.78 is 1.67. The lowest BCUT2D eigenvalue weighted by atomic mass is 10.1. The first-order valence-corrected chi connectivity index (χ1v) is 8.52. The van der Waals surface area contributed by atoms with E-state index in [1.165, 1.54) is 10.5 Å². The molecule has 22 heavy (non-hydrogen) atoms. The maximum absolute atomic E-state index is 12.4. The quantitative estimate of drug-likeness (QED) is 0.873. The molecule has 1 aromatic carbocycles. The Morgan fingerprint density at radius 1 is 1.23 bits per heavy atom. The average molecular weight is 315 g/mol. The number of rotatable bonds is 3. The van der Waals surface area contributed by atoms with Gasteiger partial charge in [0.15, 0.2) is 0 Å². The first kappa shape index (κ1) is 15.2. The van der Waals surface area contributed by atoms with Crippen LogP contribution in [0.1, 0.15) is 28.9 Å². The zero-order valence-corrected chi connectivity index (χ0v) is 13.8. The van der Waals surface area contributed by atoms with Crippen molar-refractivity contribution in [3.05, 3.63) is 47.8 Å². The lowest BCUT2D eigenvalue weighted by molar-refractivity contribution is 0.0720. The molecule has 0 bridgehead atoms. The minimum absolute atomic E-state index is 0.0555. The van der Waals surface area contributed by atoms with E-state index in [0.29, 0.717) is 10.9 Å². The summed E-state index contributed by atoms with van der Waals surface area (Å²) in [4.78, 5) is 15.7. The topological polar surface area (TPSA) is 38.1 Å². The van der Waals surface area contributed by atoms with Gasteiger partial charge in [-0.3, -0.25) is 9.48 Å². The summed E-state index contributed by atoms with van der Waals surface area (Å²) in [7, 11) is 1.84. The molecule has 0 spiro atoms. The number of hydrogen-bond acceptors (Lipinski definition) is 3. The Bertz CT molecular complexity index is 659. The van der Waals surface area contributed by atoms with Gasteiger partial charge >= 0.3 is 0 Å². The van der Waals surface area contributed by atoms with Crippen LogP contribution >= 0.6 is 11.8 Å². The predicted octanol–water partition coefficient (Wildman–Crippen LogP) is 3.13. The van der Waals surface area contributed by atoms with Gasteiger partial charge in [0, 0.05) is 36.5 Å². The third-order valence-corrected chi connectivity index (χ3v) is 5.57. The molecule has 0 N–H and O–H groups in total. The second kappa shape index (κ2) is 6.57. The first-order valence-electron chi connectivity index (χ1n) is 7.64. The van der Waals surface area contributed by atoms with Crippen LogP contribution < -0.4 is 0 Å². The van der Waals surface area contributed by atoms with E-state index in [2.05, 4.69) is 36.3 Å². The number of hydrogen-bond donors (Lipinski definition) is 0. The molecule has 116 valence electrons. The minimum Gasteiger partial charge on any atom is -0.337 e. The second-order valence-corrected chi connectivity index (χ2v) is 7.09. The molecule has 0 radical (unpaired) electrons. The summed E-state index contributed by atoms with van der Waals surface area (Å²) in [5.41, 5.74) is 1.88. The molecule has 1 aromatic heterocycles. The largest absolute Gasteiger partial charge is 0.337 e. The summed E-state index contributed by atoms with van der Waals surface area (Å²) >= 11 is 1.95. The van der Waals surface area contributed by atoms with E-state index in [-0.39, 0.29) is 5.91 Å². The molecular weight excluding hydrogens is 294 g/mol. The summed E-state index contributed by atoms with van der Waals surface area (Å²) in [6, 6.07) is 10.3. The van der Waals surface area contributed by atoms with E-state index in [4.69, 9.17) is 0 Å². The molecular formula is C17H21N3OS. The fourth-order valence-corrected chi connectivity index (χ4v) is 3.95. The van der Waals surface area contributed by atoms with Gasteiger partial charge in [-0.05, 0) is 37.5 Å². The van der Waals surface area contributed by atoms with Crippen molar-refractivity contribution in [3.8, 4) is 0 Å². The van der Waals surface area contributed by atoms with Gasteiger partial charge in [0.25, 0.3) is 5.91 Å². The molecule has 1 amide bonds. The number of likely N-dealkylation sites (tertiary alicyclic amines) is 1. The lowest BCUT2D eigenvalue weighted by Gasteiger charge is -2.31. The van der Waals surface area contributed by atoms with Crippen molar-refractivity contribution in [2.24, 2.45) is 7.05 Å². The van der Waals surface area contributed by atoms with Gasteiger partial charge in [0.1, 0.15) is 5.69 Å². The molecule has 3 rings (SSSR count). The number of aryl methyl sites for hydroxylation is 2. The molecule has 1 aliphatic heterocycles. The first-order chi connectivity index (χ1) is 10.6. The van der Waals surface area contributed by atoms with Crippen LogP contribution in [0.15, 0.2) is 41.4 Å². The molecule has 0 saturated carbocycles. The number of nitrogens with zero attached hydrogens (tertiary/aromatic N) is 3. The third-order valence-electron chi connectivity index (χ3n) is 4.05. The van der Waals surface area contributed by atoms with Crippen LogP contribution in [0.25, 0.3) is 0 Å². The van der Waals surface area contributed by atoms with Crippen molar-refractivity contribution in [1.82, 2.24) is 14.7 Å². The van der Waals surface area contributed by atoms with E-state index in [9.17, 15) is 4.79 Å². The van der Waals surface area contributed by atoms with Crippen LogP contribution in [-0.2, 0) is 7.05 Å². The number of carbonyl (C=O) groups is 1. The predicted molar refractivity (Wildman–Crippen MR) is 89.2 cm³/mol. The van der Waals surface area contributed by atoms with Gasteiger partial charge in [0.05, 0.1) is 0 Å². The fraction of sp³-hybridized carbons (Fsp3) is 0.412. The number of amides is 1. The van der Waals surface area contributed by atoms with Crippen molar-refractivity contribution < 1.29 is 4.79 Å². The van der Waals surface area contributed by atoms with Crippen molar-refractivity contribution in [2.75, 3.05) is 13.1 Å². The van der Waals surface area contributed by atoms with E-state index < -0.39 is 0 Å². The van der Waals surface area contributed by atoms with Gasteiger partial charge < -0.3 is 4.90 Å². The maximum Gasteiger partial charge on any atom is 0.274 e. The maximum atomic E-state index is 12.4. The highest BCUT2D eigenvalue weighted by molar-refractivity contribution is 8.00. The highest BCUT2D eigenvalue weighted by Crippen LogP contribution is 2.32. The SMILES string of the molecule is Cc1ccccc1SC1CCN(C(=O)c2ccn(C)n2)CC1. The lowest BCUT2D eigenvalue weighted by Crippen LogP contribution is -2.39. The van der Waals surface area contributed by atoms with Gasteiger partial charge in [-0.25, -0.2) is 0 Å². The van der Waals surface area contributed by atoms with Crippen molar-refractivity contribution in [3.63, 3.8) is 0 Å². The van der Waals surface area contributed by atoms with Crippen LogP contribution in [0.4, 0.5) is 0 Å². The number of benzene rings is 1. The van der Waals surface area contributed by atoms with E-state index in [0.717, 1.165) is 25.9 Å². The molecule has 0 aliphatic carbocycles. The van der Waals surface area contributed by atoms with E-state index >= 15 is 0 Å². The summed E-state index contributed by atoms with van der Waals surface area (Å²) in [5, 5.41) is 4.80. The van der Waals surface area contributed by atoms with Gasteiger partial charge in [-0.15, -0.1) is 11.8 Å². The van der Waals surface area contributed by atoms with Gasteiger partial charge in [-0.1, -0.05) is 18.2 Å². The summed E-state index contributed by atoms with van der Waals surface area (Å²) in [5.74, 6) is 0.0555. The molecule has 1 aliphatic rings. The standard InChI is InChI=1S/C17H21N3OS/c1-13-5-3-4-6-16(13)22-14-7-11-20(12-8-14)17(21)15-9-10-19(2)18-15/h3-6,9-10,14H,7-8,11-12H2,1-2H3. The normalized spacial score (nSPS) is 16.0. The smallest absolute Gasteiger partial charge is 0.274 e. The Labute approximate surface area is 135 Å². The van der Waals surface area contributed by atoms with E-state index in [1.54, 1.807) is 10.7 Å². The Hall–Kier alpha value is -1.75. The Morgan fingerprint density at radius 2 is 1.95 bits per heavy atom. The Morgan fingerprint density at radius 3 is 2.59 bits per heavy atom. The molecule has 2 aromatic rings. The van der Waals surface area contributed by atoms with Crippen LogP contribution in [-0.4, -0.2) is 38.9 Å². The number of piperidine rings is 1. The molecule has 4 nitrogen and oxygen atoms in total. The fourth-order valence-electron chi connectivity index (χ4n) is 2.74. The average Bonchev–Trinajstić information content (AvgIpc) is 2.96. The zero-order chi connectivity index (χ0) is 15.5. The molecule has 5 heteroatoms. The monoisotopic (exact) mass is 315 g/mol. The minimum atomic E-state index is 0.0555. The van der Waals surface area contributed by atoms with Crippen LogP contribution in [0.3, 0.4) is 0 Å². The second-order valence-electron chi connectivity index (χ2n) is 5.75. The molecule has 2 heterocycles. The van der Waals surface area contributed by atoms with Crippen LogP contribution in [0.2, 0.25) is 0 Å². The highest BCUT2D eigenvalue weighted by atomic mass is 32.2. The zero-order valence-electron chi connectivity index (χ0n) is 13.0. The van der Waals surface area contributed by atoms with Gasteiger partial charge in [-0.2, -0.15) is 5.10 Å². The molecule has 0 atom stereocenters. The highest BCUT2D eigenvalue weighted by Gasteiger charge is 2.25. The number of aromatic nitrogens is 2. The number of carbonyl (C=O) groups excluding carboxylic acids is 1. The van der Waals surface area contributed by atoms with Crippen LogP contribution in [0, 0.1) is 6.92 Å². The Balaban J connectivity index is 1.56. The van der Waals surface area contributed by atoms with Crippen LogP contribution in [0.5, 0.6) is 0 Å². The van der Waals surface area contributed by atoms with Crippen molar-refractivity contribution >= 4 is 17.7 Å². The molecule has 1 saturated heterocycles. The van der Waals surface area contributed by atoms with E-state index in [1.807, 2.05) is 29.9 Å². The van der Waals surface area contributed by atoms with Crippen molar-refractivity contribution in [1.29, 1.82) is 0 Å². The van der Waals surface area contributed by atoms with Gasteiger partial charge in [0.2, 0.25) is 0 Å².